The molecule has 0 saturated heterocycles. The summed E-state index contributed by atoms with van der Waals surface area (Å²) in [6.45, 7) is 9.68. The van der Waals surface area contributed by atoms with Gasteiger partial charge < -0.3 is 15.4 Å². The quantitative estimate of drug-likeness (QED) is 0.553. The molecule has 0 aromatic carbocycles. The SMILES string of the molecule is CC(C)NCCCC(=O)NCCOCC(=O)C(C)C. The molecule has 0 saturated carbocycles. The van der Waals surface area contributed by atoms with Gasteiger partial charge in [-0.1, -0.05) is 27.7 Å². The molecule has 5 heteroatoms. The summed E-state index contributed by atoms with van der Waals surface area (Å²) in [6, 6.07) is 0.454. The molecule has 5 nitrogen and oxygen atoms in total. The molecular formula is C14H28N2O3. The van der Waals surface area contributed by atoms with Crippen molar-refractivity contribution >= 4 is 11.7 Å². The van der Waals surface area contributed by atoms with Gasteiger partial charge in [-0.15, -0.1) is 0 Å². The standard InChI is InChI=1S/C14H28N2O3/c1-11(2)13(17)10-19-9-8-16-14(18)6-5-7-15-12(3)4/h11-12,15H,5-10H2,1-4H3,(H,16,18). The van der Waals surface area contributed by atoms with Crippen LogP contribution >= 0.6 is 0 Å². The minimum atomic E-state index is 0.00282. The highest BCUT2D eigenvalue weighted by Gasteiger charge is 2.06. The third-order valence-corrected chi connectivity index (χ3v) is 2.59. The molecule has 0 aliphatic carbocycles. The Hall–Kier alpha value is -0.940. The van der Waals surface area contributed by atoms with E-state index in [0.29, 0.717) is 25.6 Å². The van der Waals surface area contributed by atoms with Crippen LogP contribution in [-0.2, 0) is 14.3 Å². The van der Waals surface area contributed by atoms with E-state index in [9.17, 15) is 9.59 Å². The predicted octanol–water partition coefficient (Wildman–Crippen LogP) is 1.12. The van der Waals surface area contributed by atoms with Crippen molar-refractivity contribution in [2.45, 2.75) is 46.6 Å². The number of hydrogen-bond acceptors (Lipinski definition) is 4. The molecule has 0 atom stereocenters. The van der Waals surface area contributed by atoms with Gasteiger partial charge in [-0.3, -0.25) is 9.59 Å². The van der Waals surface area contributed by atoms with E-state index in [-0.39, 0.29) is 24.2 Å². The van der Waals surface area contributed by atoms with E-state index >= 15 is 0 Å². The second-order valence-corrected chi connectivity index (χ2v) is 5.24. The average molecular weight is 272 g/mol. The molecule has 0 unspecified atom stereocenters. The van der Waals surface area contributed by atoms with Crippen LogP contribution < -0.4 is 10.6 Å². The fourth-order valence-electron chi connectivity index (χ4n) is 1.33. The smallest absolute Gasteiger partial charge is 0.220 e. The first kappa shape index (κ1) is 18.1. The summed E-state index contributed by atoms with van der Waals surface area (Å²) in [5.74, 6) is 0.124. The molecule has 0 aromatic rings. The minimum Gasteiger partial charge on any atom is -0.372 e. The van der Waals surface area contributed by atoms with Crippen LogP contribution in [0.4, 0.5) is 0 Å². The van der Waals surface area contributed by atoms with Gasteiger partial charge in [-0.2, -0.15) is 0 Å². The van der Waals surface area contributed by atoms with E-state index in [4.69, 9.17) is 4.74 Å². The summed E-state index contributed by atoms with van der Waals surface area (Å²) in [4.78, 5) is 22.7. The zero-order chi connectivity index (χ0) is 14.7. The zero-order valence-corrected chi connectivity index (χ0v) is 12.6. The number of rotatable bonds is 11. The fourth-order valence-corrected chi connectivity index (χ4v) is 1.33. The second kappa shape index (κ2) is 10.9. The third-order valence-electron chi connectivity index (χ3n) is 2.59. The maximum atomic E-state index is 11.4. The molecule has 112 valence electrons. The molecule has 0 heterocycles. The first-order chi connectivity index (χ1) is 8.93. The first-order valence-electron chi connectivity index (χ1n) is 7.04. The van der Waals surface area contributed by atoms with Crippen molar-refractivity contribution < 1.29 is 14.3 Å². The molecule has 0 aromatic heterocycles. The fraction of sp³-hybridized carbons (Fsp3) is 0.857. The Morgan fingerprint density at radius 3 is 2.37 bits per heavy atom. The van der Waals surface area contributed by atoms with Crippen molar-refractivity contribution in [2.75, 3.05) is 26.3 Å². The molecule has 1 amide bonds. The van der Waals surface area contributed by atoms with E-state index in [1.807, 2.05) is 13.8 Å². The maximum absolute atomic E-state index is 11.4. The lowest BCUT2D eigenvalue weighted by Gasteiger charge is -2.09. The number of Topliss-reactive ketones (excluding diaryl/α,β-unsaturated/α-hetero) is 1. The van der Waals surface area contributed by atoms with Crippen LogP contribution in [0.3, 0.4) is 0 Å². The average Bonchev–Trinajstić information content (AvgIpc) is 2.33. The van der Waals surface area contributed by atoms with E-state index in [0.717, 1.165) is 13.0 Å². The number of hydrogen-bond donors (Lipinski definition) is 2. The Kier molecular flexibility index (Phi) is 10.4. The number of ether oxygens (including phenoxy) is 1. The number of carbonyl (C=O) groups is 2. The van der Waals surface area contributed by atoms with Crippen LogP contribution in [-0.4, -0.2) is 44.0 Å². The lowest BCUT2D eigenvalue weighted by atomic mass is 10.1. The Labute approximate surface area is 116 Å². The van der Waals surface area contributed by atoms with Crippen LogP contribution in [0.2, 0.25) is 0 Å². The van der Waals surface area contributed by atoms with Crippen LogP contribution in [0.1, 0.15) is 40.5 Å². The molecule has 2 N–H and O–H groups in total. The highest BCUT2D eigenvalue weighted by molar-refractivity contribution is 5.81. The normalized spacial score (nSPS) is 11.1. The van der Waals surface area contributed by atoms with Crippen molar-refractivity contribution in [1.82, 2.24) is 10.6 Å². The molecule has 0 fully saturated rings. The van der Waals surface area contributed by atoms with Gasteiger partial charge in [0, 0.05) is 24.9 Å². The van der Waals surface area contributed by atoms with Crippen molar-refractivity contribution in [3.63, 3.8) is 0 Å². The Bertz CT molecular complexity index is 265. The van der Waals surface area contributed by atoms with Gasteiger partial charge in [0.25, 0.3) is 0 Å². The van der Waals surface area contributed by atoms with Gasteiger partial charge in [0.1, 0.15) is 6.61 Å². The van der Waals surface area contributed by atoms with Crippen molar-refractivity contribution in [2.24, 2.45) is 5.92 Å². The molecule has 0 aliphatic rings. The van der Waals surface area contributed by atoms with E-state index in [1.165, 1.54) is 0 Å². The van der Waals surface area contributed by atoms with Crippen molar-refractivity contribution in [1.29, 1.82) is 0 Å². The van der Waals surface area contributed by atoms with Gasteiger partial charge in [0.15, 0.2) is 5.78 Å². The Morgan fingerprint density at radius 1 is 1.11 bits per heavy atom. The molecule has 0 spiro atoms. The molecule has 19 heavy (non-hydrogen) atoms. The first-order valence-corrected chi connectivity index (χ1v) is 7.04. The molecule has 0 radical (unpaired) electrons. The van der Waals surface area contributed by atoms with E-state index in [2.05, 4.69) is 24.5 Å². The highest BCUT2D eigenvalue weighted by Crippen LogP contribution is 1.94. The maximum Gasteiger partial charge on any atom is 0.220 e. The Morgan fingerprint density at radius 2 is 1.79 bits per heavy atom. The molecule has 0 bridgehead atoms. The third kappa shape index (κ3) is 11.9. The van der Waals surface area contributed by atoms with Gasteiger partial charge in [0.2, 0.25) is 5.91 Å². The van der Waals surface area contributed by atoms with Gasteiger partial charge in [-0.05, 0) is 13.0 Å². The summed E-state index contributed by atoms with van der Waals surface area (Å²) in [6.07, 6.45) is 1.35. The van der Waals surface area contributed by atoms with Crippen molar-refractivity contribution in [3.05, 3.63) is 0 Å². The summed E-state index contributed by atoms with van der Waals surface area (Å²) >= 11 is 0. The molecular weight excluding hydrogens is 244 g/mol. The lowest BCUT2D eigenvalue weighted by Crippen LogP contribution is -2.29. The van der Waals surface area contributed by atoms with Crippen LogP contribution in [0, 0.1) is 5.92 Å². The molecule has 0 rings (SSSR count). The minimum absolute atomic E-state index is 0.00282. The number of carbonyl (C=O) groups excluding carboxylic acids is 2. The zero-order valence-electron chi connectivity index (χ0n) is 12.6. The van der Waals surface area contributed by atoms with Crippen LogP contribution in [0.5, 0.6) is 0 Å². The topological polar surface area (TPSA) is 67.4 Å². The van der Waals surface area contributed by atoms with E-state index < -0.39 is 0 Å². The largest absolute Gasteiger partial charge is 0.372 e. The summed E-state index contributed by atoms with van der Waals surface area (Å²) in [5.41, 5.74) is 0. The highest BCUT2D eigenvalue weighted by atomic mass is 16.5. The van der Waals surface area contributed by atoms with Crippen molar-refractivity contribution in [3.8, 4) is 0 Å². The second-order valence-electron chi connectivity index (χ2n) is 5.24. The lowest BCUT2D eigenvalue weighted by molar-refractivity contribution is -0.126. The monoisotopic (exact) mass is 272 g/mol. The molecule has 0 aliphatic heterocycles. The number of ketones is 1. The predicted molar refractivity (Wildman–Crippen MR) is 76.0 cm³/mol. The van der Waals surface area contributed by atoms with Gasteiger partial charge in [0.05, 0.1) is 6.61 Å². The van der Waals surface area contributed by atoms with Crippen LogP contribution in [0.15, 0.2) is 0 Å². The number of amides is 1. The van der Waals surface area contributed by atoms with Gasteiger partial charge in [-0.25, -0.2) is 0 Å². The Balaban J connectivity index is 3.36. The number of nitrogens with one attached hydrogen (secondary N) is 2. The summed E-state index contributed by atoms with van der Waals surface area (Å²) < 4.78 is 5.19. The van der Waals surface area contributed by atoms with E-state index in [1.54, 1.807) is 0 Å². The van der Waals surface area contributed by atoms with Gasteiger partial charge >= 0.3 is 0 Å². The summed E-state index contributed by atoms with van der Waals surface area (Å²) in [7, 11) is 0. The van der Waals surface area contributed by atoms with Crippen LogP contribution in [0.25, 0.3) is 0 Å². The summed E-state index contributed by atoms with van der Waals surface area (Å²) in [5, 5.41) is 6.03.